The van der Waals surface area contributed by atoms with E-state index in [-0.39, 0.29) is 18.9 Å². The second-order valence-electron chi connectivity index (χ2n) is 34.5. The number of unbranched alkanes of at least 4 members (excludes halogenated alkanes) is 52. The van der Waals surface area contributed by atoms with Crippen LogP contribution in [0.3, 0.4) is 0 Å². The molecule has 0 radical (unpaired) electrons. The third-order valence-corrected chi connectivity index (χ3v) is 24.0. The molecule has 3 aliphatic heterocycles. The zero-order chi connectivity index (χ0) is 84.5. The summed E-state index contributed by atoms with van der Waals surface area (Å²) in [6.45, 7) is 1.76. The smallest absolute Gasteiger partial charge is 0.220 e. The topological polar surface area (TPSA) is 307 Å². The molecule has 17 atom stereocenters. The molecule has 19 nitrogen and oxygen atoms in total. The Morgan fingerprint density at radius 1 is 0.316 bits per heavy atom. The molecular weight excluding hydrogens is 1480 g/mol. The summed E-state index contributed by atoms with van der Waals surface area (Å²) in [5.74, 6) is -0.235. The predicted molar refractivity (Wildman–Crippen MR) is 475 cm³/mol. The number of hydrogen-bond acceptors (Lipinski definition) is 18. The van der Waals surface area contributed by atoms with Gasteiger partial charge in [-0.1, -0.05) is 414 Å². The lowest BCUT2D eigenvalue weighted by Gasteiger charge is -2.48. The van der Waals surface area contributed by atoms with E-state index in [9.17, 15) is 61.0 Å². The number of aliphatic hydroxyl groups is 11. The minimum Gasteiger partial charge on any atom is -0.394 e. The average Bonchev–Trinajstić information content (AvgIpc) is 0.778. The third-order valence-electron chi connectivity index (χ3n) is 24.0. The first-order valence-electron chi connectivity index (χ1n) is 48.7. The summed E-state index contributed by atoms with van der Waals surface area (Å²) in [6.07, 6.45) is 77.4. The molecule has 3 rings (SSSR count). The van der Waals surface area contributed by atoms with Gasteiger partial charge in [-0.3, -0.25) is 4.79 Å². The standard InChI is InChI=1S/C98H179NO18/c1-3-5-7-9-11-13-15-17-19-21-23-25-27-29-31-33-35-36-37-38-39-40-41-42-43-44-46-48-50-52-54-56-58-60-62-64-66-68-70-72-74-76-86(104)99-81(82(103)75-73-71-69-67-65-63-61-59-57-55-53-51-49-47-45-34-32-30-28-26-24-22-20-18-16-14-12-10-8-6-4-2)80-112-96-92(110)89(107)94(84(78-101)114-96)117-98-93(111)90(108)95(85(79-102)115-98)116-97-91(109)88(106)87(105)83(77-100)113-97/h5,7,11,13,17,19,23,25,29,31,35-36,81-85,87-98,100-103,105-111H,3-4,6,8-10,12,14-16,18,20-22,24,26-28,30,32-34,37-80H2,1-2H3,(H,99,104)/b7-5-,13-11-,19-17-,25-23-,31-29-,36-35-. The molecular formula is C98H179NO18. The Hall–Kier alpha value is -2.77. The average molecular weight is 1660 g/mol. The summed E-state index contributed by atoms with van der Waals surface area (Å²) in [6, 6.07) is -0.890. The fourth-order valence-electron chi connectivity index (χ4n) is 16.4. The molecule has 0 aromatic carbocycles. The van der Waals surface area contributed by atoms with Crippen LogP contribution < -0.4 is 5.32 Å². The number of aliphatic hydroxyl groups excluding tert-OH is 11. The first kappa shape index (κ1) is 108. The first-order chi connectivity index (χ1) is 57.3. The lowest BCUT2D eigenvalue weighted by atomic mass is 9.96. The van der Waals surface area contributed by atoms with E-state index in [2.05, 4.69) is 92.1 Å². The van der Waals surface area contributed by atoms with E-state index >= 15 is 0 Å². The minimum atomic E-state index is -1.97. The zero-order valence-corrected chi connectivity index (χ0v) is 74.2. The first-order valence-corrected chi connectivity index (χ1v) is 48.7. The van der Waals surface area contributed by atoms with Crippen molar-refractivity contribution in [2.24, 2.45) is 0 Å². The van der Waals surface area contributed by atoms with Crippen LogP contribution in [-0.2, 0) is 33.2 Å². The number of amides is 1. The Labute approximate surface area is 712 Å². The van der Waals surface area contributed by atoms with Crippen molar-refractivity contribution in [1.82, 2.24) is 5.32 Å². The largest absolute Gasteiger partial charge is 0.394 e. The molecule has 19 heteroatoms. The van der Waals surface area contributed by atoms with Gasteiger partial charge in [0.1, 0.15) is 73.2 Å². The van der Waals surface area contributed by atoms with Gasteiger partial charge in [0.05, 0.1) is 38.6 Å². The lowest BCUT2D eigenvalue weighted by Crippen LogP contribution is -2.66. The van der Waals surface area contributed by atoms with Crippen molar-refractivity contribution in [1.29, 1.82) is 0 Å². The Morgan fingerprint density at radius 2 is 0.590 bits per heavy atom. The molecule has 3 saturated heterocycles. The van der Waals surface area contributed by atoms with Crippen LogP contribution in [0.4, 0.5) is 0 Å². The highest BCUT2D eigenvalue weighted by atomic mass is 16.8. The quantitative estimate of drug-likeness (QED) is 0.0199. The van der Waals surface area contributed by atoms with Crippen LogP contribution in [-0.4, -0.2) is 193 Å². The van der Waals surface area contributed by atoms with E-state index in [4.69, 9.17) is 28.4 Å². The molecule has 3 aliphatic rings. The van der Waals surface area contributed by atoms with Gasteiger partial charge in [0, 0.05) is 6.42 Å². The van der Waals surface area contributed by atoms with Crippen molar-refractivity contribution >= 4 is 5.91 Å². The highest BCUT2D eigenvalue weighted by Crippen LogP contribution is 2.34. The van der Waals surface area contributed by atoms with E-state index in [1.807, 2.05) is 0 Å². The van der Waals surface area contributed by atoms with Gasteiger partial charge in [0.15, 0.2) is 18.9 Å². The van der Waals surface area contributed by atoms with Crippen molar-refractivity contribution in [3.8, 4) is 0 Å². The number of allylic oxidation sites excluding steroid dienone is 12. The van der Waals surface area contributed by atoms with E-state index in [0.717, 1.165) is 83.5 Å². The van der Waals surface area contributed by atoms with Gasteiger partial charge in [-0.15, -0.1) is 0 Å². The Balaban J connectivity index is 1.28. The molecule has 0 aliphatic carbocycles. The number of ether oxygens (including phenoxy) is 6. The molecule has 0 aromatic heterocycles. The van der Waals surface area contributed by atoms with Crippen LogP contribution in [0, 0.1) is 0 Å². The maximum absolute atomic E-state index is 13.6. The van der Waals surface area contributed by atoms with Crippen molar-refractivity contribution in [3.05, 3.63) is 72.9 Å². The van der Waals surface area contributed by atoms with Gasteiger partial charge < -0.3 is 89.9 Å². The number of rotatable bonds is 80. The van der Waals surface area contributed by atoms with Crippen LogP contribution in [0.15, 0.2) is 72.9 Å². The molecule has 17 unspecified atom stereocenters. The molecule has 1 amide bonds. The number of carbonyl (C=O) groups is 1. The summed E-state index contributed by atoms with van der Waals surface area (Å²) in [7, 11) is 0. The van der Waals surface area contributed by atoms with Crippen LogP contribution in [0.1, 0.15) is 412 Å². The fraction of sp³-hybridized carbons (Fsp3) is 0.867. The Kier molecular flexibility index (Phi) is 71.2. The SMILES string of the molecule is CC/C=C\C/C=C\C/C=C\C/C=C\C/C=C\C/C=C\CCCCCCCCCCCCCCCCCCCCCCCCC(=O)NC(COC1OC(CO)C(OC2OC(CO)C(OC3OC(CO)C(O)C(O)C3O)C(O)C2O)C(O)C1O)C(O)CCCCCCCCCCCCCCCCCCCCCCCCCCCCCCCCC. The Morgan fingerprint density at radius 3 is 0.923 bits per heavy atom. The van der Waals surface area contributed by atoms with Gasteiger partial charge >= 0.3 is 0 Å². The highest BCUT2D eigenvalue weighted by Gasteiger charge is 2.54. The molecule has 0 aromatic rings. The molecule has 0 spiro atoms. The van der Waals surface area contributed by atoms with Gasteiger partial charge in [-0.25, -0.2) is 0 Å². The fourth-order valence-corrected chi connectivity index (χ4v) is 16.4. The molecule has 117 heavy (non-hydrogen) atoms. The molecule has 0 bridgehead atoms. The lowest BCUT2D eigenvalue weighted by molar-refractivity contribution is -0.379. The molecule has 12 N–H and O–H groups in total. The maximum atomic E-state index is 13.6. The number of nitrogens with one attached hydrogen (secondary N) is 1. The number of hydrogen-bond donors (Lipinski definition) is 12. The second kappa shape index (κ2) is 76.8. The Bertz CT molecular complexity index is 2390. The summed E-state index contributed by atoms with van der Waals surface area (Å²) in [4.78, 5) is 13.6. The summed E-state index contributed by atoms with van der Waals surface area (Å²) in [5.41, 5.74) is 0. The predicted octanol–water partition coefficient (Wildman–Crippen LogP) is 19.9. The summed E-state index contributed by atoms with van der Waals surface area (Å²) >= 11 is 0. The van der Waals surface area contributed by atoms with Crippen LogP contribution >= 0.6 is 0 Å². The number of carbonyl (C=O) groups excluding carboxylic acids is 1. The van der Waals surface area contributed by atoms with E-state index in [0.29, 0.717) is 12.8 Å². The molecule has 3 fully saturated rings. The third kappa shape index (κ3) is 54.6. The van der Waals surface area contributed by atoms with Crippen molar-refractivity contribution in [3.63, 3.8) is 0 Å². The van der Waals surface area contributed by atoms with Gasteiger partial charge in [0.2, 0.25) is 5.91 Å². The van der Waals surface area contributed by atoms with Gasteiger partial charge in [-0.2, -0.15) is 0 Å². The van der Waals surface area contributed by atoms with Crippen molar-refractivity contribution < 1.29 is 89.4 Å². The van der Waals surface area contributed by atoms with E-state index in [1.54, 1.807) is 0 Å². The van der Waals surface area contributed by atoms with Crippen LogP contribution in [0.2, 0.25) is 0 Å². The van der Waals surface area contributed by atoms with Gasteiger partial charge in [0.25, 0.3) is 0 Å². The maximum Gasteiger partial charge on any atom is 0.220 e. The second-order valence-corrected chi connectivity index (χ2v) is 34.5. The molecule has 0 saturated carbocycles. The molecule has 3 heterocycles. The van der Waals surface area contributed by atoms with Crippen LogP contribution in [0.5, 0.6) is 0 Å². The van der Waals surface area contributed by atoms with Crippen molar-refractivity contribution in [2.45, 2.75) is 516 Å². The normalized spacial score (nSPS) is 24.7. The summed E-state index contributed by atoms with van der Waals surface area (Å²) < 4.78 is 34.6. The van der Waals surface area contributed by atoms with Gasteiger partial charge in [-0.05, 0) is 64.2 Å². The summed E-state index contributed by atoms with van der Waals surface area (Å²) in [5, 5.41) is 122. The van der Waals surface area contributed by atoms with E-state index < -0.39 is 124 Å². The highest BCUT2D eigenvalue weighted by molar-refractivity contribution is 5.76. The minimum absolute atomic E-state index is 0.235. The van der Waals surface area contributed by atoms with Crippen molar-refractivity contribution in [2.75, 3.05) is 26.4 Å². The molecule has 684 valence electrons. The van der Waals surface area contributed by atoms with Crippen LogP contribution in [0.25, 0.3) is 0 Å². The monoisotopic (exact) mass is 1660 g/mol. The van der Waals surface area contributed by atoms with E-state index in [1.165, 1.54) is 295 Å². The zero-order valence-electron chi connectivity index (χ0n) is 74.2.